The average molecular weight is 366 g/mol. The Labute approximate surface area is 126 Å². The lowest BCUT2D eigenvalue weighted by Gasteiger charge is -2.25. The summed E-state index contributed by atoms with van der Waals surface area (Å²) in [6, 6.07) is 3.49. The van der Waals surface area contributed by atoms with Gasteiger partial charge in [0.25, 0.3) is 0 Å². The highest BCUT2D eigenvalue weighted by Gasteiger charge is 2.23. The zero-order chi connectivity index (χ0) is 14.8. The fraction of sp³-hybridized carbons (Fsp3) is 0.538. The lowest BCUT2D eigenvalue weighted by Crippen LogP contribution is -2.32. The standard InChI is InChI=1S/C13H17BrFNO3S/c14-12-7-10(15)3-6-13(12)20(18,19)16-8-9-1-4-11(17)5-2-9/h3,6-7,9,11,16-17H,1-2,4-5,8H2. The fourth-order valence-corrected chi connectivity index (χ4v) is 4.51. The first kappa shape index (κ1) is 15.9. The van der Waals surface area contributed by atoms with Crippen molar-refractivity contribution in [2.75, 3.05) is 6.54 Å². The molecule has 0 aromatic heterocycles. The molecule has 0 heterocycles. The van der Waals surface area contributed by atoms with Crippen molar-refractivity contribution in [3.63, 3.8) is 0 Å². The summed E-state index contributed by atoms with van der Waals surface area (Å²) in [7, 11) is -3.65. The summed E-state index contributed by atoms with van der Waals surface area (Å²) < 4.78 is 40.1. The van der Waals surface area contributed by atoms with Crippen LogP contribution in [0.25, 0.3) is 0 Å². The predicted molar refractivity (Wildman–Crippen MR) is 77.3 cm³/mol. The summed E-state index contributed by atoms with van der Waals surface area (Å²) in [5.74, 6) is -0.246. The highest BCUT2D eigenvalue weighted by Crippen LogP contribution is 2.25. The highest BCUT2D eigenvalue weighted by molar-refractivity contribution is 9.10. The molecule has 112 valence electrons. The monoisotopic (exact) mass is 365 g/mol. The zero-order valence-corrected chi connectivity index (χ0v) is 13.3. The van der Waals surface area contributed by atoms with Crippen LogP contribution in [0.3, 0.4) is 0 Å². The Hall–Kier alpha value is -0.500. The number of benzene rings is 1. The van der Waals surface area contributed by atoms with Gasteiger partial charge in [-0.05, 0) is 65.7 Å². The molecule has 0 spiro atoms. The maximum absolute atomic E-state index is 13.0. The van der Waals surface area contributed by atoms with Crippen LogP contribution in [0.1, 0.15) is 25.7 Å². The number of hydrogen-bond donors (Lipinski definition) is 2. The van der Waals surface area contributed by atoms with Crippen molar-refractivity contribution in [2.24, 2.45) is 5.92 Å². The third kappa shape index (κ3) is 4.00. The van der Waals surface area contributed by atoms with E-state index in [1.807, 2.05) is 0 Å². The Morgan fingerprint density at radius 2 is 1.95 bits per heavy atom. The molecule has 0 atom stereocenters. The van der Waals surface area contributed by atoms with Crippen molar-refractivity contribution < 1.29 is 17.9 Å². The summed E-state index contributed by atoms with van der Waals surface area (Å²) in [6.07, 6.45) is 2.80. The van der Waals surface area contributed by atoms with Crippen LogP contribution in [0.2, 0.25) is 0 Å². The predicted octanol–water partition coefficient (Wildman–Crippen LogP) is 2.42. The van der Waals surface area contributed by atoms with Crippen LogP contribution >= 0.6 is 15.9 Å². The Balaban J connectivity index is 2.00. The molecule has 2 N–H and O–H groups in total. The molecule has 1 aromatic carbocycles. The second kappa shape index (κ2) is 6.51. The highest BCUT2D eigenvalue weighted by atomic mass is 79.9. The maximum atomic E-state index is 13.0. The van der Waals surface area contributed by atoms with Crippen LogP contribution in [0, 0.1) is 11.7 Å². The molecule has 0 radical (unpaired) electrons. The Morgan fingerprint density at radius 1 is 1.30 bits per heavy atom. The molecule has 0 amide bonds. The van der Waals surface area contributed by atoms with Crippen molar-refractivity contribution in [3.05, 3.63) is 28.5 Å². The molecule has 0 bridgehead atoms. The van der Waals surface area contributed by atoms with Crippen LogP contribution in [0.4, 0.5) is 4.39 Å². The first-order chi connectivity index (χ1) is 9.38. The Morgan fingerprint density at radius 3 is 2.55 bits per heavy atom. The summed E-state index contributed by atoms with van der Waals surface area (Å²) in [5.41, 5.74) is 0. The van der Waals surface area contributed by atoms with E-state index in [1.165, 1.54) is 6.07 Å². The molecular weight excluding hydrogens is 349 g/mol. The first-order valence-corrected chi connectivity index (χ1v) is 8.79. The van der Waals surface area contributed by atoms with Crippen molar-refractivity contribution in [2.45, 2.75) is 36.7 Å². The summed E-state index contributed by atoms with van der Waals surface area (Å²) >= 11 is 3.06. The molecule has 1 aliphatic rings. The molecule has 7 heteroatoms. The van der Waals surface area contributed by atoms with E-state index in [9.17, 15) is 17.9 Å². The number of nitrogens with one attached hydrogen (secondary N) is 1. The smallest absolute Gasteiger partial charge is 0.241 e. The largest absolute Gasteiger partial charge is 0.393 e. The first-order valence-electron chi connectivity index (χ1n) is 6.51. The van der Waals surface area contributed by atoms with E-state index in [-0.39, 0.29) is 21.4 Å². The number of hydrogen-bond acceptors (Lipinski definition) is 3. The van der Waals surface area contributed by atoms with Crippen molar-refractivity contribution in [1.29, 1.82) is 0 Å². The van der Waals surface area contributed by atoms with Crippen molar-refractivity contribution >= 4 is 26.0 Å². The van der Waals surface area contributed by atoms with Gasteiger partial charge < -0.3 is 5.11 Å². The summed E-state index contributed by atoms with van der Waals surface area (Å²) in [6.45, 7) is 0.346. The Kier molecular flexibility index (Phi) is 5.17. The lowest BCUT2D eigenvalue weighted by atomic mass is 9.88. The quantitative estimate of drug-likeness (QED) is 0.860. The summed E-state index contributed by atoms with van der Waals surface area (Å²) in [5, 5.41) is 9.42. The van der Waals surface area contributed by atoms with Crippen LogP contribution in [0.5, 0.6) is 0 Å². The second-order valence-corrected chi connectivity index (χ2v) is 7.69. The molecule has 0 aliphatic heterocycles. The molecule has 1 saturated carbocycles. The maximum Gasteiger partial charge on any atom is 0.241 e. The number of aliphatic hydroxyl groups is 1. The van der Waals surface area contributed by atoms with E-state index in [0.717, 1.165) is 25.0 Å². The topological polar surface area (TPSA) is 66.4 Å². The van der Waals surface area contributed by atoms with Gasteiger partial charge in [-0.3, -0.25) is 0 Å². The van der Waals surface area contributed by atoms with Gasteiger partial charge in [0.1, 0.15) is 5.82 Å². The number of sulfonamides is 1. The minimum Gasteiger partial charge on any atom is -0.393 e. The Bertz CT molecular complexity index is 571. The van der Waals surface area contributed by atoms with Crippen LogP contribution < -0.4 is 4.72 Å². The van der Waals surface area contributed by atoms with Gasteiger partial charge in [-0.2, -0.15) is 0 Å². The van der Waals surface area contributed by atoms with E-state index < -0.39 is 15.8 Å². The van der Waals surface area contributed by atoms with Crippen LogP contribution in [-0.4, -0.2) is 26.2 Å². The van der Waals surface area contributed by atoms with E-state index >= 15 is 0 Å². The molecule has 1 aliphatic carbocycles. The van der Waals surface area contributed by atoms with Gasteiger partial charge in [-0.25, -0.2) is 17.5 Å². The number of rotatable bonds is 4. The average Bonchev–Trinajstić information content (AvgIpc) is 2.37. The van der Waals surface area contributed by atoms with Crippen molar-refractivity contribution in [3.8, 4) is 0 Å². The number of halogens is 2. The fourth-order valence-electron chi connectivity index (χ4n) is 2.35. The minimum atomic E-state index is -3.65. The summed E-state index contributed by atoms with van der Waals surface area (Å²) in [4.78, 5) is 0.0368. The second-order valence-electron chi connectivity index (χ2n) is 5.10. The van der Waals surface area contributed by atoms with Crippen LogP contribution in [-0.2, 0) is 10.0 Å². The van der Waals surface area contributed by atoms with Gasteiger partial charge in [0.2, 0.25) is 10.0 Å². The SMILES string of the molecule is O=S(=O)(NCC1CCC(O)CC1)c1ccc(F)cc1Br. The van der Waals surface area contributed by atoms with Gasteiger partial charge in [0.05, 0.1) is 11.0 Å². The van der Waals surface area contributed by atoms with Crippen molar-refractivity contribution in [1.82, 2.24) is 4.72 Å². The van der Waals surface area contributed by atoms with Gasteiger partial charge >= 0.3 is 0 Å². The molecule has 0 unspecified atom stereocenters. The number of aliphatic hydroxyl groups excluding tert-OH is 1. The third-order valence-electron chi connectivity index (χ3n) is 3.56. The van der Waals surface area contributed by atoms with E-state index in [1.54, 1.807) is 0 Å². The molecule has 1 fully saturated rings. The van der Waals surface area contributed by atoms with Crippen LogP contribution in [0.15, 0.2) is 27.6 Å². The molecule has 0 saturated heterocycles. The molecular formula is C13H17BrFNO3S. The van der Waals surface area contributed by atoms with E-state index in [4.69, 9.17) is 0 Å². The van der Waals surface area contributed by atoms with Gasteiger partial charge in [-0.15, -0.1) is 0 Å². The third-order valence-corrected chi connectivity index (χ3v) is 5.96. The normalized spacial score (nSPS) is 23.8. The molecule has 2 rings (SSSR count). The van der Waals surface area contributed by atoms with Gasteiger partial charge in [-0.1, -0.05) is 0 Å². The minimum absolute atomic E-state index is 0.0368. The molecule has 20 heavy (non-hydrogen) atoms. The van der Waals surface area contributed by atoms with E-state index in [2.05, 4.69) is 20.7 Å². The van der Waals surface area contributed by atoms with Gasteiger partial charge in [0, 0.05) is 11.0 Å². The molecule has 4 nitrogen and oxygen atoms in total. The zero-order valence-electron chi connectivity index (χ0n) is 10.9. The molecule has 1 aromatic rings. The van der Waals surface area contributed by atoms with Gasteiger partial charge in [0.15, 0.2) is 0 Å². The lowest BCUT2D eigenvalue weighted by molar-refractivity contribution is 0.109. The van der Waals surface area contributed by atoms with E-state index in [0.29, 0.717) is 19.4 Å².